The number of hydrogen-bond donors (Lipinski definition) is 2. The molecule has 5 nitrogen and oxygen atoms in total. The van der Waals surface area contributed by atoms with Gasteiger partial charge in [-0.05, 0) is 31.9 Å². The van der Waals surface area contributed by atoms with Crippen molar-refractivity contribution >= 4 is 6.08 Å². The van der Waals surface area contributed by atoms with Crippen molar-refractivity contribution in [3.63, 3.8) is 0 Å². The van der Waals surface area contributed by atoms with Crippen LogP contribution in [0.4, 0.5) is 13.2 Å². The molecule has 1 saturated heterocycles. The highest BCUT2D eigenvalue weighted by atomic mass is 19.4. The number of alkyl halides is 3. The highest BCUT2D eigenvalue weighted by molar-refractivity contribution is 5.57. The lowest BCUT2D eigenvalue weighted by molar-refractivity contribution is -0.137. The Labute approximate surface area is 156 Å². The van der Waals surface area contributed by atoms with Crippen molar-refractivity contribution in [3.05, 3.63) is 52.6 Å². The Morgan fingerprint density at radius 3 is 2.85 bits per heavy atom. The van der Waals surface area contributed by atoms with Gasteiger partial charge in [0.25, 0.3) is 0 Å². The number of rotatable bonds is 6. The molecule has 1 fully saturated rings. The molecule has 1 aliphatic rings. The molecule has 146 valence electrons. The topological polar surface area (TPSA) is 62.8 Å². The van der Waals surface area contributed by atoms with E-state index in [-0.39, 0.29) is 17.6 Å². The highest BCUT2D eigenvalue weighted by Crippen LogP contribution is 2.33. The second-order valence-electron chi connectivity index (χ2n) is 6.83. The summed E-state index contributed by atoms with van der Waals surface area (Å²) >= 11 is 0. The first-order chi connectivity index (χ1) is 12.8. The molecule has 2 heterocycles. The molecule has 0 saturated carbocycles. The molecule has 8 heteroatoms. The van der Waals surface area contributed by atoms with Crippen LogP contribution in [0.25, 0.3) is 6.08 Å². The molecule has 0 unspecified atom stereocenters. The maximum atomic E-state index is 13.1. The number of halogens is 3. The minimum absolute atomic E-state index is 0.155. The third kappa shape index (κ3) is 4.95. The summed E-state index contributed by atoms with van der Waals surface area (Å²) in [6.07, 6.45) is -2.04. The number of nitrogens with zero attached hydrogens (tertiary/aromatic N) is 2. The number of benzene rings is 1. The monoisotopic (exact) mass is 380 g/mol. The summed E-state index contributed by atoms with van der Waals surface area (Å²) in [5.41, 5.74) is 0.395. The fourth-order valence-electron chi connectivity index (χ4n) is 3.27. The van der Waals surface area contributed by atoms with E-state index in [1.165, 1.54) is 12.1 Å². The van der Waals surface area contributed by atoms with Crippen LogP contribution in [0.5, 0.6) is 0 Å². The molecule has 0 spiro atoms. The molecule has 0 bridgehead atoms. The minimum atomic E-state index is -4.36. The zero-order valence-electron chi connectivity index (χ0n) is 15.3. The summed E-state index contributed by atoms with van der Waals surface area (Å²) in [6.45, 7) is 5.50. The van der Waals surface area contributed by atoms with Crippen LogP contribution in [0.2, 0.25) is 0 Å². The Balaban J connectivity index is 1.58. The average molecular weight is 380 g/mol. The van der Waals surface area contributed by atoms with Gasteiger partial charge in [-0.3, -0.25) is 5.10 Å². The van der Waals surface area contributed by atoms with Gasteiger partial charge < -0.3 is 10.1 Å². The standard InChI is InChI=1S/C19H23F3N4O/c1-12(9-14-5-3-4-6-16(14)19(20,21)22)10-23-11-15-7-8-27-17(15)18-24-13(2)25-26-18/h3-6,9,15,17,23H,7-8,10-11H2,1-2H3,(H,24,25,26)/b12-9+/t15-,17-/m0/s1. The molecule has 2 aromatic rings. The van der Waals surface area contributed by atoms with Gasteiger partial charge in [-0.15, -0.1) is 0 Å². The van der Waals surface area contributed by atoms with Crippen LogP contribution in [0.3, 0.4) is 0 Å². The normalized spacial score (nSPS) is 21.0. The van der Waals surface area contributed by atoms with Gasteiger partial charge >= 0.3 is 6.18 Å². The molecule has 0 amide bonds. The van der Waals surface area contributed by atoms with Gasteiger partial charge in [0.1, 0.15) is 11.9 Å². The van der Waals surface area contributed by atoms with Gasteiger partial charge in [-0.25, -0.2) is 4.98 Å². The van der Waals surface area contributed by atoms with Crippen molar-refractivity contribution in [2.24, 2.45) is 5.92 Å². The van der Waals surface area contributed by atoms with Crippen LogP contribution in [0.1, 0.15) is 42.2 Å². The predicted octanol–water partition coefficient (Wildman–Crippen LogP) is 3.90. The first-order valence-electron chi connectivity index (χ1n) is 8.89. The van der Waals surface area contributed by atoms with Gasteiger partial charge in [0.2, 0.25) is 0 Å². The molecule has 3 rings (SSSR count). The second kappa shape index (κ2) is 8.22. The highest BCUT2D eigenvalue weighted by Gasteiger charge is 2.33. The van der Waals surface area contributed by atoms with Crippen molar-refractivity contribution < 1.29 is 17.9 Å². The third-order valence-corrected chi connectivity index (χ3v) is 4.56. The molecule has 0 aliphatic carbocycles. The third-order valence-electron chi connectivity index (χ3n) is 4.56. The Morgan fingerprint density at radius 1 is 1.37 bits per heavy atom. The van der Waals surface area contributed by atoms with Crippen LogP contribution in [0.15, 0.2) is 29.8 Å². The van der Waals surface area contributed by atoms with E-state index in [2.05, 4.69) is 20.5 Å². The lowest BCUT2D eigenvalue weighted by atomic mass is 10.0. The van der Waals surface area contributed by atoms with Gasteiger partial charge in [0.05, 0.1) is 5.56 Å². The molecule has 2 atom stereocenters. The number of hydrogen-bond acceptors (Lipinski definition) is 4. The SMILES string of the molecule is C/C(=C\c1ccccc1C(F)(F)F)CNC[C@@H]1CCO[C@@H]1c1n[nH]c(C)n1. The van der Waals surface area contributed by atoms with E-state index in [0.29, 0.717) is 25.5 Å². The molecule has 27 heavy (non-hydrogen) atoms. The lowest BCUT2D eigenvalue weighted by Crippen LogP contribution is -2.26. The quantitative estimate of drug-likeness (QED) is 0.798. The van der Waals surface area contributed by atoms with Crippen molar-refractivity contribution in [2.45, 2.75) is 32.5 Å². The molecule has 1 aromatic carbocycles. The van der Waals surface area contributed by atoms with Crippen molar-refractivity contribution in [2.75, 3.05) is 19.7 Å². The predicted molar refractivity (Wildman–Crippen MR) is 95.9 cm³/mol. The van der Waals surface area contributed by atoms with Crippen molar-refractivity contribution in [3.8, 4) is 0 Å². The number of aryl methyl sites for hydroxylation is 1. The lowest BCUT2D eigenvalue weighted by Gasteiger charge is -2.16. The number of nitrogens with one attached hydrogen (secondary N) is 2. The van der Waals surface area contributed by atoms with Crippen LogP contribution in [-0.4, -0.2) is 34.9 Å². The Bertz CT molecular complexity index is 800. The van der Waals surface area contributed by atoms with Crippen LogP contribution < -0.4 is 5.32 Å². The summed E-state index contributed by atoms with van der Waals surface area (Å²) < 4.78 is 45.0. The smallest absolute Gasteiger partial charge is 0.370 e. The van der Waals surface area contributed by atoms with Crippen molar-refractivity contribution in [1.29, 1.82) is 0 Å². The molecular weight excluding hydrogens is 357 g/mol. The maximum absolute atomic E-state index is 13.1. The summed E-state index contributed by atoms with van der Waals surface area (Å²) in [7, 11) is 0. The molecule has 2 N–H and O–H groups in total. The minimum Gasteiger partial charge on any atom is -0.370 e. The van der Waals surface area contributed by atoms with Crippen LogP contribution in [-0.2, 0) is 10.9 Å². The number of aromatic amines is 1. The van der Waals surface area contributed by atoms with Gasteiger partial charge in [-0.2, -0.15) is 18.3 Å². The summed E-state index contributed by atoms with van der Waals surface area (Å²) in [6, 6.07) is 5.60. The number of aromatic nitrogens is 3. The summed E-state index contributed by atoms with van der Waals surface area (Å²) in [4.78, 5) is 4.34. The molecule has 1 aromatic heterocycles. The van der Waals surface area contributed by atoms with E-state index >= 15 is 0 Å². The van der Waals surface area contributed by atoms with Crippen molar-refractivity contribution in [1.82, 2.24) is 20.5 Å². The number of ether oxygens (including phenoxy) is 1. The Hall–Kier alpha value is -2.19. The summed E-state index contributed by atoms with van der Waals surface area (Å²) in [5.74, 6) is 1.63. The number of H-pyrrole nitrogens is 1. The van der Waals surface area contributed by atoms with Crippen LogP contribution in [0, 0.1) is 12.8 Å². The average Bonchev–Trinajstić information content (AvgIpc) is 3.23. The first kappa shape index (κ1) is 19.6. The maximum Gasteiger partial charge on any atom is 0.416 e. The fourth-order valence-corrected chi connectivity index (χ4v) is 3.27. The second-order valence-corrected chi connectivity index (χ2v) is 6.83. The van der Waals surface area contributed by atoms with E-state index in [4.69, 9.17) is 4.74 Å². The van der Waals surface area contributed by atoms with E-state index in [0.717, 1.165) is 23.9 Å². The van der Waals surface area contributed by atoms with Gasteiger partial charge in [0, 0.05) is 25.6 Å². The zero-order chi connectivity index (χ0) is 19.4. The van der Waals surface area contributed by atoms with E-state index in [9.17, 15) is 13.2 Å². The fraction of sp³-hybridized carbons (Fsp3) is 0.474. The molecule has 0 radical (unpaired) electrons. The van der Waals surface area contributed by atoms with E-state index < -0.39 is 11.7 Å². The van der Waals surface area contributed by atoms with E-state index in [1.807, 2.05) is 13.8 Å². The summed E-state index contributed by atoms with van der Waals surface area (Å²) in [5, 5.41) is 10.3. The van der Waals surface area contributed by atoms with Gasteiger partial charge in [0.15, 0.2) is 5.82 Å². The largest absolute Gasteiger partial charge is 0.416 e. The zero-order valence-corrected chi connectivity index (χ0v) is 15.3. The molecular formula is C19H23F3N4O. The Morgan fingerprint density at radius 2 is 2.15 bits per heavy atom. The first-order valence-corrected chi connectivity index (χ1v) is 8.89. The van der Waals surface area contributed by atoms with Crippen LogP contribution >= 0.6 is 0 Å². The van der Waals surface area contributed by atoms with E-state index in [1.54, 1.807) is 12.1 Å². The molecule has 1 aliphatic heterocycles. The van der Waals surface area contributed by atoms with Gasteiger partial charge in [-0.1, -0.05) is 29.8 Å². The Kier molecular flexibility index (Phi) is 5.96.